The molecule has 7 nitrogen and oxygen atoms in total. The highest BCUT2D eigenvalue weighted by atomic mass is 15.7. The highest BCUT2D eigenvalue weighted by molar-refractivity contribution is 5.87. The largest absolute Gasteiger partial charge is 0.367 e. The van der Waals surface area contributed by atoms with Gasteiger partial charge in [-0.2, -0.15) is 19.8 Å². The van der Waals surface area contributed by atoms with Gasteiger partial charge < -0.3 is 5.73 Å². The SMILES string of the molecule is CCCN(/C(N)=N/n1cccn1)n1cccn1. The van der Waals surface area contributed by atoms with Crippen molar-refractivity contribution in [2.45, 2.75) is 13.3 Å². The average molecular weight is 233 g/mol. The number of aromatic nitrogens is 4. The van der Waals surface area contributed by atoms with E-state index >= 15 is 0 Å². The first-order valence-electron chi connectivity index (χ1n) is 5.43. The number of hydrogen-bond acceptors (Lipinski definition) is 3. The van der Waals surface area contributed by atoms with Crippen LogP contribution in [0.15, 0.2) is 42.0 Å². The van der Waals surface area contributed by atoms with Crippen LogP contribution in [-0.2, 0) is 0 Å². The summed E-state index contributed by atoms with van der Waals surface area (Å²) in [5, 5.41) is 14.0. The fraction of sp³-hybridized carbons (Fsp3) is 0.300. The number of guanidine groups is 1. The minimum Gasteiger partial charge on any atom is -0.367 e. The second-order valence-corrected chi connectivity index (χ2v) is 3.43. The maximum Gasteiger partial charge on any atom is 0.236 e. The van der Waals surface area contributed by atoms with E-state index in [0.29, 0.717) is 5.96 Å². The number of nitrogens with two attached hydrogens (primary N) is 1. The summed E-state index contributed by atoms with van der Waals surface area (Å²) in [5.74, 6) is 0.347. The molecule has 2 heterocycles. The van der Waals surface area contributed by atoms with Crippen molar-refractivity contribution in [1.29, 1.82) is 0 Å². The smallest absolute Gasteiger partial charge is 0.236 e. The molecule has 2 rings (SSSR count). The van der Waals surface area contributed by atoms with Gasteiger partial charge in [-0.15, -0.1) is 5.10 Å². The Morgan fingerprint density at radius 3 is 2.65 bits per heavy atom. The summed E-state index contributed by atoms with van der Waals surface area (Å²) in [4.78, 5) is 3.08. The van der Waals surface area contributed by atoms with Crippen LogP contribution in [0.4, 0.5) is 0 Å². The Balaban J connectivity index is 2.22. The van der Waals surface area contributed by atoms with Crippen LogP contribution in [0.25, 0.3) is 0 Å². The number of hydrogen-bond donors (Lipinski definition) is 1. The minimum atomic E-state index is 0.347. The van der Waals surface area contributed by atoms with Gasteiger partial charge in [0.05, 0.1) is 18.6 Å². The van der Waals surface area contributed by atoms with Crippen LogP contribution >= 0.6 is 0 Å². The molecule has 0 aromatic carbocycles. The second kappa shape index (κ2) is 5.15. The highest BCUT2D eigenvalue weighted by Crippen LogP contribution is 1.93. The van der Waals surface area contributed by atoms with E-state index in [9.17, 15) is 0 Å². The van der Waals surface area contributed by atoms with Crippen molar-refractivity contribution >= 4 is 5.96 Å². The summed E-state index contributed by atoms with van der Waals surface area (Å²) < 4.78 is 0. The number of nitrogens with zero attached hydrogens (tertiary/aromatic N) is 6. The van der Waals surface area contributed by atoms with Crippen LogP contribution in [0.1, 0.15) is 13.3 Å². The van der Waals surface area contributed by atoms with E-state index < -0.39 is 0 Å². The molecule has 0 atom stereocenters. The maximum atomic E-state index is 5.94. The molecule has 0 aliphatic carbocycles. The first-order valence-corrected chi connectivity index (χ1v) is 5.43. The first kappa shape index (κ1) is 11.2. The lowest BCUT2D eigenvalue weighted by Crippen LogP contribution is -2.46. The summed E-state index contributed by atoms with van der Waals surface area (Å²) in [6, 6.07) is 3.62. The molecule has 7 heteroatoms. The normalized spacial score (nSPS) is 11.7. The summed E-state index contributed by atoms with van der Waals surface area (Å²) in [7, 11) is 0. The summed E-state index contributed by atoms with van der Waals surface area (Å²) in [6.07, 6.45) is 7.83. The second-order valence-electron chi connectivity index (χ2n) is 3.43. The lowest BCUT2D eigenvalue weighted by molar-refractivity contribution is 0.609. The van der Waals surface area contributed by atoms with Crippen molar-refractivity contribution in [2.24, 2.45) is 10.8 Å². The van der Waals surface area contributed by atoms with E-state index in [2.05, 4.69) is 22.2 Å². The Hall–Kier alpha value is -2.31. The van der Waals surface area contributed by atoms with Gasteiger partial charge in [0.2, 0.25) is 5.96 Å². The van der Waals surface area contributed by atoms with Crippen molar-refractivity contribution in [3.05, 3.63) is 36.9 Å². The van der Waals surface area contributed by atoms with E-state index in [1.165, 1.54) is 4.79 Å². The molecule has 2 aromatic heterocycles. The lowest BCUT2D eigenvalue weighted by atomic mass is 10.5. The zero-order valence-corrected chi connectivity index (χ0v) is 9.64. The van der Waals surface area contributed by atoms with E-state index in [1.807, 2.05) is 12.3 Å². The molecule has 0 radical (unpaired) electrons. The Kier molecular flexibility index (Phi) is 3.39. The lowest BCUT2D eigenvalue weighted by Gasteiger charge is -2.21. The van der Waals surface area contributed by atoms with Crippen LogP contribution in [0.2, 0.25) is 0 Å². The van der Waals surface area contributed by atoms with Crippen molar-refractivity contribution in [3.63, 3.8) is 0 Å². The molecule has 0 unspecified atom stereocenters. The average Bonchev–Trinajstić information content (AvgIpc) is 2.97. The summed E-state index contributed by atoms with van der Waals surface area (Å²) in [5.41, 5.74) is 5.94. The quantitative estimate of drug-likeness (QED) is 0.604. The summed E-state index contributed by atoms with van der Waals surface area (Å²) in [6.45, 7) is 2.80. The molecule has 0 bridgehead atoms. The third kappa shape index (κ3) is 2.63. The van der Waals surface area contributed by atoms with Crippen LogP contribution < -0.4 is 10.7 Å². The van der Waals surface area contributed by atoms with Gasteiger partial charge in [-0.1, -0.05) is 6.92 Å². The Labute approximate surface area is 99.1 Å². The fourth-order valence-electron chi connectivity index (χ4n) is 1.41. The van der Waals surface area contributed by atoms with E-state index in [4.69, 9.17) is 5.73 Å². The van der Waals surface area contributed by atoms with Crippen LogP contribution in [0.5, 0.6) is 0 Å². The predicted molar refractivity (Wildman–Crippen MR) is 64.8 cm³/mol. The predicted octanol–water partition coefficient (Wildman–Crippen LogP) is 0.206. The Morgan fingerprint density at radius 1 is 1.29 bits per heavy atom. The molecule has 0 fully saturated rings. The molecule has 0 saturated heterocycles. The molecule has 0 saturated carbocycles. The topological polar surface area (TPSA) is 77.3 Å². The van der Waals surface area contributed by atoms with Crippen molar-refractivity contribution in [3.8, 4) is 0 Å². The monoisotopic (exact) mass is 233 g/mol. The molecule has 2 N–H and O–H groups in total. The third-order valence-corrected chi connectivity index (χ3v) is 2.13. The van der Waals surface area contributed by atoms with E-state index in [1.54, 1.807) is 34.5 Å². The van der Waals surface area contributed by atoms with Gasteiger partial charge in [-0.05, 0) is 18.6 Å². The van der Waals surface area contributed by atoms with Gasteiger partial charge in [-0.25, -0.2) is 5.01 Å². The Morgan fingerprint density at radius 2 is 2.06 bits per heavy atom. The van der Waals surface area contributed by atoms with Gasteiger partial charge in [0, 0.05) is 12.7 Å². The van der Waals surface area contributed by atoms with Crippen LogP contribution in [0, 0.1) is 0 Å². The van der Waals surface area contributed by atoms with Crippen LogP contribution in [-0.4, -0.2) is 32.3 Å². The standard InChI is InChI=1S/C10H15N7/c1-2-7-15(17-9-4-6-13-17)10(11)14-16-8-3-5-12-16/h3-6,8-9H,2,7H2,1H3,(H2,11,14). The van der Waals surface area contributed by atoms with E-state index in [-0.39, 0.29) is 0 Å². The van der Waals surface area contributed by atoms with Gasteiger partial charge in [0.1, 0.15) is 0 Å². The van der Waals surface area contributed by atoms with Gasteiger partial charge in [0.25, 0.3) is 0 Å². The zero-order valence-electron chi connectivity index (χ0n) is 9.64. The van der Waals surface area contributed by atoms with Crippen molar-refractivity contribution < 1.29 is 0 Å². The number of rotatable bonds is 4. The molecule has 0 aliphatic rings. The Bertz CT molecular complexity index is 457. The molecule has 0 spiro atoms. The van der Waals surface area contributed by atoms with Crippen molar-refractivity contribution in [1.82, 2.24) is 19.8 Å². The van der Waals surface area contributed by atoms with E-state index in [0.717, 1.165) is 13.0 Å². The fourth-order valence-corrected chi connectivity index (χ4v) is 1.41. The molecule has 90 valence electrons. The third-order valence-electron chi connectivity index (χ3n) is 2.13. The highest BCUT2D eigenvalue weighted by Gasteiger charge is 2.09. The van der Waals surface area contributed by atoms with Gasteiger partial charge in [0.15, 0.2) is 0 Å². The summed E-state index contributed by atoms with van der Waals surface area (Å²) >= 11 is 0. The molecular formula is C10H15N7. The van der Waals surface area contributed by atoms with Gasteiger partial charge in [-0.3, -0.25) is 0 Å². The zero-order chi connectivity index (χ0) is 12.1. The molecular weight excluding hydrogens is 218 g/mol. The molecule has 17 heavy (non-hydrogen) atoms. The van der Waals surface area contributed by atoms with Crippen molar-refractivity contribution in [2.75, 3.05) is 11.6 Å². The first-order chi connectivity index (χ1) is 8.31. The van der Waals surface area contributed by atoms with Gasteiger partial charge >= 0.3 is 0 Å². The molecule has 0 aliphatic heterocycles. The molecule has 0 amide bonds. The maximum absolute atomic E-state index is 5.94. The van der Waals surface area contributed by atoms with Crippen LogP contribution in [0.3, 0.4) is 0 Å². The molecule has 2 aromatic rings. The minimum absolute atomic E-state index is 0.347.